The first-order valence-electron chi connectivity index (χ1n) is 5.07. The lowest BCUT2D eigenvalue weighted by atomic mass is 10.1. The van der Waals surface area contributed by atoms with Gasteiger partial charge < -0.3 is 4.42 Å². The standard InChI is InChI=1S/C12H11NO3S/c1-6-7(2)16-12(13-6)11(15)10-4-9(5-14)17-8(10)3/h4-5H,1-3H3. The Morgan fingerprint density at radius 3 is 2.59 bits per heavy atom. The number of ketones is 1. The lowest BCUT2D eigenvalue weighted by Gasteiger charge is -1.93. The zero-order chi connectivity index (χ0) is 12.6. The summed E-state index contributed by atoms with van der Waals surface area (Å²) in [6.45, 7) is 5.34. The number of hydrogen-bond donors (Lipinski definition) is 0. The number of nitrogens with zero attached hydrogens (tertiary/aromatic N) is 1. The van der Waals surface area contributed by atoms with Gasteiger partial charge in [-0.15, -0.1) is 11.3 Å². The molecule has 0 saturated carbocycles. The number of oxazole rings is 1. The van der Waals surface area contributed by atoms with Crippen LogP contribution in [-0.2, 0) is 0 Å². The molecule has 2 heterocycles. The highest BCUT2D eigenvalue weighted by atomic mass is 32.1. The maximum atomic E-state index is 12.1. The Morgan fingerprint density at radius 1 is 1.41 bits per heavy atom. The van der Waals surface area contributed by atoms with Crippen molar-refractivity contribution in [2.24, 2.45) is 0 Å². The number of hydrogen-bond acceptors (Lipinski definition) is 5. The van der Waals surface area contributed by atoms with Gasteiger partial charge in [0.05, 0.1) is 10.6 Å². The number of aromatic nitrogens is 1. The van der Waals surface area contributed by atoms with Crippen molar-refractivity contribution in [2.75, 3.05) is 0 Å². The van der Waals surface area contributed by atoms with Crippen LogP contribution in [-0.4, -0.2) is 17.1 Å². The second kappa shape index (κ2) is 4.25. The van der Waals surface area contributed by atoms with Crippen molar-refractivity contribution in [3.63, 3.8) is 0 Å². The van der Waals surface area contributed by atoms with Gasteiger partial charge in [-0.2, -0.15) is 0 Å². The quantitative estimate of drug-likeness (QED) is 0.620. The second-order valence-electron chi connectivity index (χ2n) is 3.73. The Bertz CT molecular complexity index is 575. The monoisotopic (exact) mass is 249 g/mol. The number of rotatable bonds is 3. The zero-order valence-electron chi connectivity index (χ0n) is 9.73. The van der Waals surface area contributed by atoms with Crippen LogP contribution >= 0.6 is 11.3 Å². The summed E-state index contributed by atoms with van der Waals surface area (Å²) in [6.07, 6.45) is 0.737. The van der Waals surface area contributed by atoms with E-state index in [0.717, 1.165) is 11.2 Å². The summed E-state index contributed by atoms with van der Waals surface area (Å²) in [7, 11) is 0. The average Bonchev–Trinajstić information content (AvgIpc) is 2.82. The normalized spacial score (nSPS) is 10.5. The van der Waals surface area contributed by atoms with Gasteiger partial charge in [0.2, 0.25) is 5.78 Å². The molecule has 2 rings (SSSR count). The van der Waals surface area contributed by atoms with Crippen LogP contribution in [0.15, 0.2) is 10.5 Å². The predicted octanol–water partition coefficient (Wildman–Crippen LogP) is 2.70. The van der Waals surface area contributed by atoms with E-state index in [4.69, 9.17) is 4.42 Å². The molecule has 4 nitrogen and oxygen atoms in total. The van der Waals surface area contributed by atoms with E-state index in [1.54, 1.807) is 26.8 Å². The molecule has 0 aliphatic carbocycles. The van der Waals surface area contributed by atoms with E-state index >= 15 is 0 Å². The van der Waals surface area contributed by atoms with E-state index in [1.165, 1.54) is 11.3 Å². The molecule has 0 bridgehead atoms. The third-order valence-corrected chi connectivity index (χ3v) is 3.50. The van der Waals surface area contributed by atoms with E-state index in [0.29, 0.717) is 21.9 Å². The van der Waals surface area contributed by atoms with E-state index in [1.807, 2.05) is 0 Å². The molecule has 0 saturated heterocycles. The fourth-order valence-corrected chi connectivity index (χ4v) is 2.31. The minimum atomic E-state index is -0.275. The molecular formula is C12H11NO3S. The SMILES string of the molecule is Cc1nc(C(=O)c2cc(C=O)sc2C)oc1C. The molecule has 0 spiro atoms. The van der Waals surface area contributed by atoms with Gasteiger partial charge in [0, 0.05) is 10.4 Å². The number of aryl methyl sites for hydroxylation is 3. The number of aldehydes is 1. The first kappa shape index (κ1) is 11.7. The smallest absolute Gasteiger partial charge is 0.268 e. The van der Waals surface area contributed by atoms with Crippen molar-refractivity contribution in [1.29, 1.82) is 0 Å². The minimum absolute atomic E-state index is 0.0818. The van der Waals surface area contributed by atoms with Crippen molar-refractivity contribution < 1.29 is 14.0 Å². The lowest BCUT2D eigenvalue weighted by molar-refractivity contribution is 0.100. The Labute approximate surface area is 102 Å². The van der Waals surface area contributed by atoms with Crippen molar-refractivity contribution in [3.05, 3.63) is 38.7 Å². The topological polar surface area (TPSA) is 60.2 Å². The van der Waals surface area contributed by atoms with Gasteiger partial charge in [-0.3, -0.25) is 9.59 Å². The van der Waals surface area contributed by atoms with Crippen LogP contribution in [0.5, 0.6) is 0 Å². The first-order valence-corrected chi connectivity index (χ1v) is 5.89. The van der Waals surface area contributed by atoms with E-state index in [-0.39, 0.29) is 11.7 Å². The van der Waals surface area contributed by atoms with Gasteiger partial charge in [-0.25, -0.2) is 4.98 Å². The molecule has 17 heavy (non-hydrogen) atoms. The largest absolute Gasteiger partial charge is 0.439 e. The molecule has 88 valence electrons. The molecule has 2 aromatic rings. The van der Waals surface area contributed by atoms with Gasteiger partial charge in [0.25, 0.3) is 5.89 Å². The summed E-state index contributed by atoms with van der Waals surface area (Å²) < 4.78 is 5.28. The molecular weight excluding hydrogens is 238 g/mol. The van der Waals surface area contributed by atoms with E-state index in [9.17, 15) is 9.59 Å². The van der Waals surface area contributed by atoms with Crippen LogP contribution in [0, 0.1) is 20.8 Å². The Morgan fingerprint density at radius 2 is 2.12 bits per heavy atom. The Kier molecular flexibility index (Phi) is 2.93. The van der Waals surface area contributed by atoms with Gasteiger partial charge in [-0.1, -0.05) is 0 Å². The number of carbonyl (C=O) groups excluding carboxylic acids is 2. The van der Waals surface area contributed by atoms with Gasteiger partial charge in [0.15, 0.2) is 6.29 Å². The van der Waals surface area contributed by atoms with Crippen LogP contribution in [0.25, 0.3) is 0 Å². The molecule has 0 fully saturated rings. The van der Waals surface area contributed by atoms with Crippen LogP contribution in [0.3, 0.4) is 0 Å². The molecule has 0 amide bonds. The maximum absolute atomic E-state index is 12.1. The van der Waals surface area contributed by atoms with E-state index < -0.39 is 0 Å². The fourth-order valence-electron chi connectivity index (χ4n) is 1.47. The van der Waals surface area contributed by atoms with Gasteiger partial charge in [0.1, 0.15) is 5.76 Å². The molecule has 0 unspecified atom stereocenters. The van der Waals surface area contributed by atoms with Crippen LogP contribution in [0.1, 0.15) is 42.3 Å². The summed E-state index contributed by atoms with van der Waals surface area (Å²) in [5, 5.41) is 0. The highest BCUT2D eigenvalue weighted by molar-refractivity contribution is 7.14. The molecule has 0 radical (unpaired) electrons. The summed E-state index contributed by atoms with van der Waals surface area (Å²) >= 11 is 1.29. The molecule has 5 heteroatoms. The molecule has 0 atom stereocenters. The second-order valence-corrected chi connectivity index (χ2v) is 5.01. The Balaban J connectivity index is 2.42. The summed E-state index contributed by atoms with van der Waals surface area (Å²) in [5.41, 5.74) is 1.19. The highest BCUT2D eigenvalue weighted by Crippen LogP contribution is 2.23. The third-order valence-electron chi connectivity index (χ3n) is 2.52. The molecule has 0 aromatic carbocycles. The van der Waals surface area contributed by atoms with Crippen LogP contribution in [0.2, 0.25) is 0 Å². The number of carbonyl (C=O) groups is 2. The molecule has 0 aliphatic rings. The summed E-state index contributed by atoms with van der Waals surface area (Å²) in [6, 6.07) is 1.57. The van der Waals surface area contributed by atoms with Crippen molar-refractivity contribution >= 4 is 23.4 Å². The zero-order valence-corrected chi connectivity index (χ0v) is 10.6. The van der Waals surface area contributed by atoms with Gasteiger partial charge in [-0.05, 0) is 26.8 Å². The molecule has 0 N–H and O–H groups in total. The summed E-state index contributed by atoms with van der Waals surface area (Å²) in [4.78, 5) is 28.1. The van der Waals surface area contributed by atoms with Crippen molar-refractivity contribution in [3.8, 4) is 0 Å². The van der Waals surface area contributed by atoms with Crippen molar-refractivity contribution in [1.82, 2.24) is 4.98 Å². The van der Waals surface area contributed by atoms with Crippen LogP contribution < -0.4 is 0 Å². The summed E-state index contributed by atoms with van der Waals surface area (Å²) in [5.74, 6) is 0.443. The number of thiophene rings is 1. The van der Waals surface area contributed by atoms with Crippen LogP contribution in [0.4, 0.5) is 0 Å². The van der Waals surface area contributed by atoms with Crippen molar-refractivity contribution in [2.45, 2.75) is 20.8 Å². The maximum Gasteiger partial charge on any atom is 0.268 e. The van der Waals surface area contributed by atoms with Gasteiger partial charge >= 0.3 is 0 Å². The third kappa shape index (κ3) is 2.06. The lowest BCUT2D eigenvalue weighted by Crippen LogP contribution is -2.01. The average molecular weight is 249 g/mol. The fraction of sp³-hybridized carbons (Fsp3) is 0.250. The van der Waals surface area contributed by atoms with E-state index in [2.05, 4.69) is 4.98 Å². The molecule has 2 aromatic heterocycles. The predicted molar refractivity (Wildman–Crippen MR) is 63.9 cm³/mol. The minimum Gasteiger partial charge on any atom is -0.439 e. The first-order chi connectivity index (χ1) is 8.02. The highest BCUT2D eigenvalue weighted by Gasteiger charge is 2.20. The molecule has 0 aliphatic heterocycles. The Hall–Kier alpha value is -1.75.